The Morgan fingerprint density at radius 3 is 2.00 bits per heavy atom. The number of ether oxygens (including phenoxy) is 1. The second-order valence-corrected chi connectivity index (χ2v) is 12.5. The highest BCUT2D eigenvalue weighted by Gasteiger charge is 2.82. The van der Waals surface area contributed by atoms with Gasteiger partial charge in [0, 0.05) is 5.41 Å². The maximum absolute atomic E-state index is 13.2. The third kappa shape index (κ3) is 3.89. The molecule has 5 nitrogen and oxygen atoms in total. The summed E-state index contributed by atoms with van der Waals surface area (Å²) in [5.41, 5.74) is -2.92. The van der Waals surface area contributed by atoms with E-state index in [-0.39, 0.29) is 11.8 Å². The summed E-state index contributed by atoms with van der Waals surface area (Å²) in [6.07, 6.45) is -0.241. The molecule has 156 valence electrons. The maximum Gasteiger partial charge on any atom is 0.325 e. The van der Waals surface area contributed by atoms with Gasteiger partial charge in [0.05, 0.1) is 6.10 Å². The van der Waals surface area contributed by atoms with Gasteiger partial charge in [-0.25, -0.2) is 0 Å². The van der Waals surface area contributed by atoms with Crippen molar-refractivity contribution in [1.82, 2.24) is 0 Å². The summed E-state index contributed by atoms with van der Waals surface area (Å²) in [6, 6.07) is 9.45. The molecule has 1 fully saturated rings. The molecule has 0 aromatic heterocycles. The number of hydrogen-bond donors (Lipinski definition) is 1. The summed E-state index contributed by atoms with van der Waals surface area (Å²) >= 11 is 0. The number of aliphatic carboxylic acids is 1. The monoisotopic (exact) mass is 406 g/mol. The van der Waals surface area contributed by atoms with E-state index in [1.807, 2.05) is 51.1 Å². The van der Waals surface area contributed by atoms with Crippen LogP contribution in [0.2, 0.25) is 13.1 Å². The Labute approximate surface area is 170 Å². The van der Waals surface area contributed by atoms with Gasteiger partial charge < -0.3 is 14.3 Å². The van der Waals surface area contributed by atoms with E-state index in [1.165, 1.54) is 0 Å². The van der Waals surface area contributed by atoms with Gasteiger partial charge in [0.15, 0.2) is 14.5 Å². The lowest BCUT2D eigenvalue weighted by Crippen LogP contribution is -2.50. The minimum atomic E-state index is -1.65. The first-order chi connectivity index (χ1) is 12.7. The van der Waals surface area contributed by atoms with Crippen molar-refractivity contribution in [2.45, 2.75) is 78.2 Å². The molecule has 0 saturated heterocycles. The van der Waals surface area contributed by atoms with E-state index in [0.717, 1.165) is 5.56 Å². The highest BCUT2D eigenvalue weighted by atomic mass is 28.3. The van der Waals surface area contributed by atoms with Crippen molar-refractivity contribution in [1.29, 1.82) is 0 Å². The number of hydrogen-bond acceptors (Lipinski definition) is 4. The highest BCUT2D eigenvalue weighted by Crippen LogP contribution is 2.70. The number of benzene rings is 1. The van der Waals surface area contributed by atoms with E-state index in [2.05, 4.69) is 13.1 Å². The van der Waals surface area contributed by atoms with Crippen molar-refractivity contribution in [2.24, 2.45) is 10.8 Å². The van der Waals surface area contributed by atoms with Crippen molar-refractivity contribution in [3.63, 3.8) is 0 Å². The van der Waals surface area contributed by atoms with Gasteiger partial charge in [-0.3, -0.25) is 9.59 Å². The number of rotatable bonds is 6. The van der Waals surface area contributed by atoms with E-state index in [4.69, 9.17) is 9.16 Å². The lowest BCUT2D eigenvalue weighted by atomic mass is 9.71. The van der Waals surface area contributed by atoms with Crippen LogP contribution in [0.1, 0.15) is 53.5 Å². The first kappa shape index (κ1) is 22.6. The second kappa shape index (κ2) is 7.30. The van der Waals surface area contributed by atoms with Crippen LogP contribution >= 0.6 is 0 Å². The third-order valence-corrected chi connectivity index (χ3v) is 6.04. The average molecular weight is 407 g/mol. The molecule has 1 N–H and O–H groups in total. The van der Waals surface area contributed by atoms with Crippen LogP contribution in [0, 0.1) is 10.8 Å². The fraction of sp³-hybridized carbons (Fsp3) is 0.636. The Bertz CT molecular complexity index is 732. The molecule has 0 heterocycles. The number of carbonyl (C=O) groups excluding carboxylic acids is 1. The fourth-order valence-corrected chi connectivity index (χ4v) is 5.42. The van der Waals surface area contributed by atoms with Crippen molar-refractivity contribution >= 4 is 21.0 Å². The first-order valence-corrected chi connectivity index (χ1v) is 12.6. The quantitative estimate of drug-likeness (QED) is 0.436. The molecule has 0 amide bonds. The summed E-state index contributed by atoms with van der Waals surface area (Å²) in [5.74, 6) is -1.83. The second-order valence-electron chi connectivity index (χ2n) is 10.2. The maximum atomic E-state index is 13.2. The molecule has 1 aromatic carbocycles. The minimum Gasteiger partial charge on any atom is -0.480 e. The lowest BCUT2D eigenvalue weighted by Gasteiger charge is -2.41. The minimum absolute atomic E-state index is 0.178. The van der Waals surface area contributed by atoms with Crippen molar-refractivity contribution in [2.75, 3.05) is 0 Å². The molecule has 0 spiro atoms. The molecule has 1 aromatic rings. The van der Waals surface area contributed by atoms with Crippen molar-refractivity contribution < 1.29 is 23.9 Å². The van der Waals surface area contributed by atoms with Crippen LogP contribution in [-0.2, 0) is 24.2 Å². The van der Waals surface area contributed by atoms with Crippen LogP contribution in [0.15, 0.2) is 30.3 Å². The van der Waals surface area contributed by atoms with Gasteiger partial charge >= 0.3 is 11.9 Å². The van der Waals surface area contributed by atoms with E-state index in [0.29, 0.717) is 0 Å². The molecule has 3 atom stereocenters. The Morgan fingerprint density at radius 1 is 1.07 bits per heavy atom. The van der Waals surface area contributed by atoms with Gasteiger partial charge in [0.1, 0.15) is 5.60 Å². The molecule has 28 heavy (non-hydrogen) atoms. The summed E-state index contributed by atoms with van der Waals surface area (Å²) in [6.45, 7) is 15.5. The van der Waals surface area contributed by atoms with Gasteiger partial charge in [-0.2, -0.15) is 0 Å². The van der Waals surface area contributed by atoms with Crippen LogP contribution in [0.3, 0.4) is 0 Å². The zero-order chi connectivity index (χ0) is 21.5. The van der Waals surface area contributed by atoms with Crippen LogP contribution in [0.4, 0.5) is 0 Å². The molecule has 0 bridgehead atoms. The van der Waals surface area contributed by atoms with Crippen LogP contribution < -0.4 is 0 Å². The van der Waals surface area contributed by atoms with Crippen molar-refractivity contribution in [3.05, 3.63) is 35.9 Å². The van der Waals surface area contributed by atoms with Gasteiger partial charge in [-0.15, -0.1) is 0 Å². The Hall–Kier alpha value is -1.66. The van der Waals surface area contributed by atoms with Gasteiger partial charge in [-0.05, 0) is 51.3 Å². The Balaban J connectivity index is 2.71. The lowest BCUT2D eigenvalue weighted by molar-refractivity contribution is -0.172. The predicted molar refractivity (Wildman–Crippen MR) is 112 cm³/mol. The van der Waals surface area contributed by atoms with E-state index < -0.39 is 43.5 Å². The smallest absolute Gasteiger partial charge is 0.325 e. The predicted octanol–water partition coefficient (Wildman–Crippen LogP) is 4.16. The molecule has 0 aliphatic heterocycles. The van der Waals surface area contributed by atoms with E-state index in [9.17, 15) is 14.7 Å². The van der Waals surface area contributed by atoms with Gasteiger partial charge in [-0.1, -0.05) is 51.1 Å². The third-order valence-electron chi connectivity index (χ3n) is 5.22. The van der Waals surface area contributed by atoms with Gasteiger partial charge in [0.25, 0.3) is 0 Å². The zero-order valence-electron chi connectivity index (χ0n) is 18.3. The van der Waals surface area contributed by atoms with E-state index >= 15 is 0 Å². The topological polar surface area (TPSA) is 72.8 Å². The molecule has 2 rings (SSSR count). The summed E-state index contributed by atoms with van der Waals surface area (Å²) in [4.78, 5) is 25.8. The first-order valence-electron chi connectivity index (χ1n) is 9.86. The molecule has 1 aliphatic carbocycles. The standard InChI is InChI=1S/C22H34O5Si/c1-19(2,3)16(27-28(7)8)21(15-12-10-9-11-13-15)14-22(21,17(23)24)18(25)26-20(4,5)6/h9-13,16,28H,14H2,1-8H3,(H,23,24)/t16?,21-,22-/m1/s1. The van der Waals surface area contributed by atoms with E-state index in [1.54, 1.807) is 20.8 Å². The molecule has 1 saturated carbocycles. The SMILES string of the molecule is C[SiH](C)OC(C(C)(C)C)[C@]1(c2ccccc2)C[C@@]1(C(=O)O)C(=O)OC(C)(C)C. The molecule has 1 unspecified atom stereocenters. The van der Waals surface area contributed by atoms with Crippen LogP contribution in [0.5, 0.6) is 0 Å². The summed E-state index contributed by atoms with van der Waals surface area (Å²) < 4.78 is 12.1. The van der Waals surface area contributed by atoms with Crippen molar-refractivity contribution in [3.8, 4) is 0 Å². The molecule has 1 aliphatic rings. The number of carboxylic acids is 1. The number of carboxylic acid groups (broad SMARTS) is 1. The number of carbonyl (C=O) groups is 2. The highest BCUT2D eigenvalue weighted by molar-refractivity contribution is 6.48. The summed E-state index contributed by atoms with van der Waals surface area (Å²) in [7, 11) is -1.52. The van der Waals surface area contributed by atoms with Crippen LogP contribution in [0.25, 0.3) is 0 Å². The summed E-state index contributed by atoms with van der Waals surface area (Å²) in [5, 5.41) is 10.3. The number of esters is 1. The fourth-order valence-electron chi connectivity index (χ4n) is 4.23. The Morgan fingerprint density at radius 2 is 1.61 bits per heavy atom. The largest absolute Gasteiger partial charge is 0.480 e. The average Bonchev–Trinajstić information content (AvgIpc) is 3.23. The van der Waals surface area contributed by atoms with Gasteiger partial charge in [0.2, 0.25) is 0 Å². The zero-order valence-corrected chi connectivity index (χ0v) is 19.5. The molecule has 6 heteroatoms. The molecular formula is C22H34O5Si. The normalized spacial score (nSPS) is 26.0. The molecular weight excluding hydrogens is 372 g/mol. The Kier molecular flexibility index (Phi) is 5.90. The molecule has 0 radical (unpaired) electrons. The van der Waals surface area contributed by atoms with Crippen LogP contribution in [-0.4, -0.2) is 37.8 Å².